The Balaban J connectivity index is 5.52. The lowest BCUT2D eigenvalue weighted by Gasteiger charge is -2.24. The molecular formula is C18H31N7O10. The Morgan fingerprint density at radius 1 is 0.771 bits per heavy atom. The predicted molar refractivity (Wildman–Crippen MR) is 118 cm³/mol. The highest BCUT2D eigenvalue weighted by molar-refractivity contribution is 5.95. The van der Waals surface area contributed by atoms with Crippen molar-refractivity contribution < 1.29 is 49.2 Å². The zero-order chi connectivity index (χ0) is 27.1. The standard InChI is InChI=1S/C18H31N7O10/c19-8(3-4-12(27)28)14(31)24-10(6-13(29)30)16(33)23-9(2-1-5-22-18(20)21)15(32)25-11(7-26)17(34)35/h8-11,26H,1-7,19H2,(H,23,33)(H,24,31)(H,25,32)(H,27,28)(H,29,30)(H,34,35)(H4,20,21,22). The normalized spacial score (nSPS) is 13.9. The van der Waals surface area contributed by atoms with Gasteiger partial charge in [-0.2, -0.15) is 0 Å². The summed E-state index contributed by atoms with van der Waals surface area (Å²) in [6.45, 7) is -0.903. The molecule has 0 aliphatic heterocycles. The van der Waals surface area contributed by atoms with Crippen LogP contribution in [0.3, 0.4) is 0 Å². The molecule has 17 nitrogen and oxygen atoms in total. The maximum absolute atomic E-state index is 12.7. The molecule has 0 aromatic carbocycles. The van der Waals surface area contributed by atoms with Crippen molar-refractivity contribution in [1.29, 1.82) is 0 Å². The molecule has 0 aliphatic rings. The molecule has 0 radical (unpaired) electrons. The molecule has 3 amide bonds. The van der Waals surface area contributed by atoms with Gasteiger partial charge in [0.15, 0.2) is 5.96 Å². The first kappa shape index (κ1) is 31.0. The van der Waals surface area contributed by atoms with Gasteiger partial charge in [-0.25, -0.2) is 4.79 Å². The highest BCUT2D eigenvalue weighted by atomic mass is 16.4. The summed E-state index contributed by atoms with van der Waals surface area (Å²) in [6.07, 6.45) is -1.63. The molecule has 35 heavy (non-hydrogen) atoms. The molecule has 0 aliphatic carbocycles. The fourth-order valence-corrected chi connectivity index (χ4v) is 2.58. The van der Waals surface area contributed by atoms with Crippen LogP contribution >= 0.6 is 0 Å². The van der Waals surface area contributed by atoms with E-state index in [0.717, 1.165) is 0 Å². The van der Waals surface area contributed by atoms with Crippen molar-refractivity contribution in [3.05, 3.63) is 0 Å². The Morgan fingerprint density at radius 3 is 1.80 bits per heavy atom. The van der Waals surface area contributed by atoms with Crippen molar-refractivity contribution in [2.45, 2.75) is 56.3 Å². The van der Waals surface area contributed by atoms with E-state index in [1.807, 2.05) is 5.32 Å². The van der Waals surface area contributed by atoms with Gasteiger partial charge in [0.2, 0.25) is 17.7 Å². The third-order valence-corrected chi connectivity index (χ3v) is 4.39. The predicted octanol–water partition coefficient (Wildman–Crippen LogP) is -4.76. The number of aliphatic carboxylic acids is 3. The van der Waals surface area contributed by atoms with Crippen LogP contribution in [0.5, 0.6) is 0 Å². The Labute approximate surface area is 199 Å². The van der Waals surface area contributed by atoms with E-state index in [2.05, 4.69) is 15.6 Å². The summed E-state index contributed by atoms with van der Waals surface area (Å²) in [5.41, 5.74) is 16.0. The second kappa shape index (κ2) is 15.8. The van der Waals surface area contributed by atoms with E-state index in [1.54, 1.807) is 0 Å². The first-order chi connectivity index (χ1) is 16.3. The molecule has 0 saturated heterocycles. The molecule has 0 spiro atoms. The molecule has 4 unspecified atom stereocenters. The molecule has 0 bridgehead atoms. The van der Waals surface area contributed by atoms with Gasteiger partial charge in [-0.1, -0.05) is 0 Å². The molecule has 0 rings (SSSR count). The summed E-state index contributed by atoms with van der Waals surface area (Å²) in [5, 5.41) is 42.2. The largest absolute Gasteiger partial charge is 0.481 e. The van der Waals surface area contributed by atoms with Gasteiger partial charge in [-0.3, -0.25) is 29.0 Å². The molecular weight excluding hydrogens is 474 g/mol. The lowest BCUT2D eigenvalue weighted by atomic mass is 10.1. The number of carboxylic acids is 3. The number of amides is 3. The first-order valence-electron chi connectivity index (χ1n) is 10.3. The minimum atomic E-state index is -1.70. The number of rotatable bonds is 17. The second-order valence-corrected chi connectivity index (χ2v) is 7.29. The van der Waals surface area contributed by atoms with Crippen LogP contribution in [0.1, 0.15) is 32.1 Å². The zero-order valence-electron chi connectivity index (χ0n) is 18.7. The number of nitrogens with zero attached hydrogens (tertiary/aromatic N) is 1. The van der Waals surface area contributed by atoms with E-state index in [1.165, 1.54) is 0 Å². The molecule has 0 heterocycles. The summed E-state index contributed by atoms with van der Waals surface area (Å²) < 4.78 is 0. The lowest BCUT2D eigenvalue weighted by molar-refractivity contribution is -0.144. The molecule has 0 fully saturated rings. The Hall–Kier alpha value is -3.99. The SMILES string of the molecule is NC(N)=NCCCC(NC(=O)C(CC(=O)O)NC(=O)C(N)CCC(=O)O)C(=O)NC(CO)C(=O)O. The average Bonchev–Trinajstić information content (AvgIpc) is 2.75. The van der Waals surface area contributed by atoms with Gasteiger partial charge in [-0.05, 0) is 19.3 Å². The van der Waals surface area contributed by atoms with Crippen molar-refractivity contribution in [2.24, 2.45) is 22.2 Å². The first-order valence-corrected chi connectivity index (χ1v) is 10.3. The Morgan fingerprint density at radius 2 is 1.31 bits per heavy atom. The summed E-state index contributed by atoms with van der Waals surface area (Å²) >= 11 is 0. The van der Waals surface area contributed by atoms with Crippen molar-refractivity contribution in [3.8, 4) is 0 Å². The van der Waals surface area contributed by atoms with Gasteiger partial charge in [0.25, 0.3) is 0 Å². The summed E-state index contributed by atoms with van der Waals surface area (Å²) in [6, 6.07) is -6.15. The van der Waals surface area contributed by atoms with E-state index in [9.17, 15) is 28.8 Å². The third kappa shape index (κ3) is 13.3. The van der Waals surface area contributed by atoms with Crippen LogP contribution in [0.15, 0.2) is 4.99 Å². The number of guanidine groups is 1. The van der Waals surface area contributed by atoms with Crippen molar-refractivity contribution in [1.82, 2.24) is 16.0 Å². The monoisotopic (exact) mass is 505 g/mol. The van der Waals surface area contributed by atoms with Crippen LogP contribution in [0, 0.1) is 0 Å². The Kier molecular flexibility index (Phi) is 14.0. The zero-order valence-corrected chi connectivity index (χ0v) is 18.7. The molecule has 0 saturated carbocycles. The van der Waals surface area contributed by atoms with Gasteiger partial charge in [0.05, 0.1) is 19.1 Å². The smallest absolute Gasteiger partial charge is 0.328 e. The van der Waals surface area contributed by atoms with Crippen molar-refractivity contribution >= 4 is 41.6 Å². The molecule has 0 aromatic rings. The number of nitrogens with one attached hydrogen (secondary N) is 3. The molecule has 17 heteroatoms. The topological polar surface area (TPSA) is 310 Å². The average molecular weight is 505 g/mol. The van der Waals surface area contributed by atoms with Crippen LogP contribution in [-0.4, -0.2) is 99.3 Å². The minimum absolute atomic E-state index is 0.0397. The molecule has 13 N–H and O–H groups in total. The fourth-order valence-electron chi connectivity index (χ4n) is 2.58. The van der Waals surface area contributed by atoms with E-state index in [4.69, 9.17) is 37.6 Å². The summed E-state index contributed by atoms with van der Waals surface area (Å²) in [7, 11) is 0. The van der Waals surface area contributed by atoms with Crippen LogP contribution in [0.25, 0.3) is 0 Å². The number of carbonyl (C=O) groups excluding carboxylic acids is 3. The highest BCUT2D eigenvalue weighted by Gasteiger charge is 2.31. The van der Waals surface area contributed by atoms with Crippen LogP contribution in [-0.2, 0) is 28.8 Å². The number of carboxylic acid groups (broad SMARTS) is 3. The maximum Gasteiger partial charge on any atom is 0.328 e. The van der Waals surface area contributed by atoms with E-state index >= 15 is 0 Å². The number of hydrogen-bond acceptors (Lipinski definition) is 9. The number of carbonyl (C=O) groups is 6. The lowest BCUT2D eigenvalue weighted by Crippen LogP contribution is -2.57. The van der Waals surface area contributed by atoms with E-state index < -0.39 is 79.2 Å². The molecule has 0 aromatic heterocycles. The number of aliphatic imine (C=N–C) groups is 1. The second-order valence-electron chi connectivity index (χ2n) is 7.29. The van der Waals surface area contributed by atoms with Gasteiger partial charge in [-0.15, -0.1) is 0 Å². The van der Waals surface area contributed by atoms with Crippen LogP contribution < -0.4 is 33.2 Å². The molecule has 4 atom stereocenters. The summed E-state index contributed by atoms with van der Waals surface area (Å²) in [5.74, 6) is -7.59. The maximum atomic E-state index is 12.7. The number of aliphatic hydroxyl groups excluding tert-OH is 1. The van der Waals surface area contributed by atoms with Crippen molar-refractivity contribution in [2.75, 3.05) is 13.2 Å². The summed E-state index contributed by atoms with van der Waals surface area (Å²) in [4.78, 5) is 74.1. The van der Waals surface area contributed by atoms with E-state index in [0.29, 0.717) is 0 Å². The van der Waals surface area contributed by atoms with Gasteiger partial charge in [0, 0.05) is 13.0 Å². The quantitative estimate of drug-likeness (QED) is 0.0504. The third-order valence-electron chi connectivity index (χ3n) is 4.39. The van der Waals surface area contributed by atoms with Gasteiger partial charge in [0.1, 0.15) is 18.1 Å². The van der Waals surface area contributed by atoms with Crippen molar-refractivity contribution in [3.63, 3.8) is 0 Å². The molecule has 198 valence electrons. The number of hydrogen-bond donors (Lipinski definition) is 10. The van der Waals surface area contributed by atoms with Crippen LogP contribution in [0.2, 0.25) is 0 Å². The number of aliphatic hydroxyl groups is 1. The highest BCUT2D eigenvalue weighted by Crippen LogP contribution is 2.04. The minimum Gasteiger partial charge on any atom is -0.481 e. The fraction of sp³-hybridized carbons (Fsp3) is 0.611. The van der Waals surface area contributed by atoms with Gasteiger partial charge >= 0.3 is 17.9 Å². The van der Waals surface area contributed by atoms with E-state index in [-0.39, 0.29) is 31.8 Å². The Bertz CT molecular complexity index is 815. The van der Waals surface area contributed by atoms with Crippen LogP contribution in [0.4, 0.5) is 0 Å². The van der Waals surface area contributed by atoms with Gasteiger partial charge < -0.3 is 53.6 Å². The number of nitrogens with two attached hydrogens (primary N) is 3.